The molecule has 0 fully saturated rings. The van der Waals surface area contributed by atoms with Crippen molar-refractivity contribution in [1.29, 1.82) is 0 Å². The van der Waals surface area contributed by atoms with Crippen molar-refractivity contribution in [3.8, 4) is 17.1 Å². The third-order valence-electron chi connectivity index (χ3n) is 4.96. The lowest BCUT2D eigenvalue weighted by Gasteiger charge is -2.08. The molecule has 5 nitrogen and oxygen atoms in total. The fourth-order valence-electron chi connectivity index (χ4n) is 3.74. The fourth-order valence-corrected chi connectivity index (χ4v) is 3.74. The van der Waals surface area contributed by atoms with E-state index in [0.29, 0.717) is 5.65 Å². The number of fused-ring (bicyclic) bond motifs is 4. The highest BCUT2D eigenvalue weighted by Crippen LogP contribution is 2.36. The van der Waals surface area contributed by atoms with Crippen LogP contribution in [0.3, 0.4) is 0 Å². The van der Waals surface area contributed by atoms with Crippen LogP contribution in [0.1, 0.15) is 0 Å². The zero-order valence-corrected chi connectivity index (χ0v) is 14.8. The first kappa shape index (κ1) is 15.1. The van der Waals surface area contributed by atoms with E-state index in [1.54, 1.807) is 12.4 Å². The summed E-state index contributed by atoms with van der Waals surface area (Å²) in [7, 11) is 0. The number of rotatable bonds is 2. The Labute approximate surface area is 159 Å². The van der Waals surface area contributed by atoms with Gasteiger partial charge in [0.05, 0.1) is 5.56 Å². The molecule has 28 heavy (non-hydrogen) atoms. The summed E-state index contributed by atoms with van der Waals surface area (Å²) in [5.41, 5.74) is 4.90. The van der Waals surface area contributed by atoms with Gasteiger partial charge in [-0.1, -0.05) is 48.5 Å². The molecule has 0 N–H and O–H groups in total. The highest BCUT2D eigenvalue weighted by atomic mass is 16.3. The second-order valence-corrected chi connectivity index (χ2v) is 6.59. The Kier molecular flexibility index (Phi) is 3.10. The van der Waals surface area contributed by atoms with Gasteiger partial charge in [0.15, 0.2) is 17.1 Å². The quantitative estimate of drug-likeness (QED) is 0.415. The van der Waals surface area contributed by atoms with E-state index in [2.05, 4.69) is 22.1 Å². The van der Waals surface area contributed by atoms with Crippen molar-refractivity contribution < 1.29 is 4.42 Å². The number of benzene rings is 3. The van der Waals surface area contributed by atoms with Gasteiger partial charge in [-0.2, -0.15) is 0 Å². The first-order valence-electron chi connectivity index (χ1n) is 9.06. The van der Waals surface area contributed by atoms with Crippen molar-refractivity contribution in [2.24, 2.45) is 0 Å². The van der Waals surface area contributed by atoms with E-state index in [-0.39, 0.29) is 0 Å². The van der Waals surface area contributed by atoms with E-state index in [4.69, 9.17) is 9.40 Å². The van der Waals surface area contributed by atoms with Gasteiger partial charge in [-0.3, -0.25) is 4.57 Å². The van der Waals surface area contributed by atoms with Crippen molar-refractivity contribution in [3.05, 3.63) is 85.2 Å². The summed E-state index contributed by atoms with van der Waals surface area (Å²) in [5, 5.41) is 2.17. The van der Waals surface area contributed by atoms with Crippen LogP contribution in [0.15, 0.2) is 89.6 Å². The van der Waals surface area contributed by atoms with Crippen LogP contribution in [0.5, 0.6) is 0 Å². The average molecular weight is 362 g/mol. The molecule has 0 bridgehead atoms. The molecule has 0 saturated heterocycles. The number of imidazole rings is 1. The van der Waals surface area contributed by atoms with Crippen LogP contribution < -0.4 is 0 Å². The fraction of sp³-hybridized carbons (Fsp3) is 0. The summed E-state index contributed by atoms with van der Waals surface area (Å²) in [6.45, 7) is 0. The summed E-state index contributed by atoms with van der Waals surface area (Å²) in [6, 6.07) is 24.3. The molecular formula is C23H14N4O. The van der Waals surface area contributed by atoms with E-state index in [1.165, 1.54) is 0 Å². The lowest BCUT2D eigenvalue weighted by molar-refractivity contribution is 0.669. The molecule has 5 heteroatoms. The molecule has 6 aromatic rings. The van der Waals surface area contributed by atoms with Crippen LogP contribution in [0.2, 0.25) is 0 Å². The van der Waals surface area contributed by atoms with Gasteiger partial charge in [0, 0.05) is 28.9 Å². The molecular weight excluding hydrogens is 348 g/mol. The minimum atomic E-state index is 0.606. The minimum absolute atomic E-state index is 0.606. The van der Waals surface area contributed by atoms with Crippen LogP contribution in [0, 0.1) is 0 Å². The standard InChI is InChI=1S/C23H14N4O/c1-2-7-15(8-3-1)27-22(26-21-23(27)25-14-13-24-21)18-11-6-10-17-16-9-4-5-12-19(16)28-20(17)18/h1-14H. The summed E-state index contributed by atoms with van der Waals surface area (Å²) < 4.78 is 8.26. The minimum Gasteiger partial charge on any atom is -0.455 e. The smallest absolute Gasteiger partial charge is 0.198 e. The van der Waals surface area contributed by atoms with Crippen LogP contribution in [0.25, 0.3) is 50.3 Å². The Morgan fingerprint density at radius 2 is 1.50 bits per heavy atom. The van der Waals surface area contributed by atoms with Gasteiger partial charge in [-0.05, 0) is 24.3 Å². The van der Waals surface area contributed by atoms with E-state index in [0.717, 1.165) is 44.7 Å². The normalized spacial score (nSPS) is 11.6. The Hall–Kier alpha value is -3.99. The molecule has 132 valence electrons. The number of furan rings is 1. The van der Waals surface area contributed by atoms with Crippen molar-refractivity contribution in [2.75, 3.05) is 0 Å². The predicted molar refractivity (Wildman–Crippen MR) is 109 cm³/mol. The summed E-state index contributed by atoms with van der Waals surface area (Å²) in [5.74, 6) is 0.761. The zero-order chi connectivity index (χ0) is 18.5. The highest BCUT2D eigenvalue weighted by molar-refractivity contribution is 6.09. The van der Waals surface area contributed by atoms with Gasteiger partial charge in [0.2, 0.25) is 0 Å². The van der Waals surface area contributed by atoms with Crippen molar-refractivity contribution in [1.82, 2.24) is 19.5 Å². The average Bonchev–Trinajstić information content (AvgIpc) is 3.33. The molecule has 0 atom stereocenters. The van der Waals surface area contributed by atoms with E-state index in [1.807, 2.05) is 65.2 Å². The van der Waals surface area contributed by atoms with Crippen molar-refractivity contribution >= 4 is 33.2 Å². The molecule has 0 spiro atoms. The lowest BCUT2D eigenvalue weighted by atomic mass is 10.1. The monoisotopic (exact) mass is 362 g/mol. The summed E-state index contributed by atoms with van der Waals surface area (Å²) >= 11 is 0. The maximum atomic E-state index is 6.23. The van der Waals surface area contributed by atoms with Crippen LogP contribution in [-0.2, 0) is 0 Å². The van der Waals surface area contributed by atoms with E-state index < -0.39 is 0 Å². The summed E-state index contributed by atoms with van der Waals surface area (Å²) in [4.78, 5) is 13.8. The molecule has 0 amide bonds. The number of para-hydroxylation sites is 3. The first-order chi connectivity index (χ1) is 13.9. The van der Waals surface area contributed by atoms with Gasteiger partial charge in [0.25, 0.3) is 0 Å². The molecule has 3 heterocycles. The number of aromatic nitrogens is 4. The third kappa shape index (κ3) is 2.10. The summed E-state index contributed by atoms with van der Waals surface area (Å²) in [6.07, 6.45) is 3.35. The third-order valence-corrected chi connectivity index (χ3v) is 4.96. The van der Waals surface area contributed by atoms with E-state index >= 15 is 0 Å². The van der Waals surface area contributed by atoms with Gasteiger partial charge in [0.1, 0.15) is 11.2 Å². The molecule has 0 saturated carbocycles. The van der Waals surface area contributed by atoms with Crippen LogP contribution in [0.4, 0.5) is 0 Å². The van der Waals surface area contributed by atoms with Gasteiger partial charge >= 0.3 is 0 Å². The molecule has 0 aliphatic carbocycles. The second kappa shape index (κ2) is 5.76. The molecule has 3 aromatic heterocycles. The topological polar surface area (TPSA) is 56.7 Å². The van der Waals surface area contributed by atoms with Gasteiger partial charge < -0.3 is 4.42 Å². The van der Waals surface area contributed by atoms with E-state index in [9.17, 15) is 0 Å². The first-order valence-corrected chi connectivity index (χ1v) is 9.06. The molecule has 0 radical (unpaired) electrons. The van der Waals surface area contributed by atoms with Crippen LogP contribution >= 0.6 is 0 Å². The SMILES string of the molecule is c1ccc(-n2c(-c3cccc4c3oc3ccccc34)nc3nccnc32)cc1. The maximum absolute atomic E-state index is 6.23. The number of hydrogen-bond donors (Lipinski definition) is 0. The van der Waals surface area contributed by atoms with Crippen molar-refractivity contribution in [2.45, 2.75) is 0 Å². The van der Waals surface area contributed by atoms with Gasteiger partial charge in [-0.15, -0.1) is 0 Å². The molecule has 0 aliphatic heterocycles. The number of nitrogens with zero attached hydrogens (tertiary/aromatic N) is 4. The van der Waals surface area contributed by atoms with Crippen LogP contribution in [-0.4, -0.2) is 19.5 Å². The maximum Gasteiger partial charge on any atom is 0.198 e. The molecule has 0 unspecified atom stereocenters. The Morgan fingerprint density at radius 1 is 0.714 bits per heavy atom. The molecule has 6 rings (SSSR count). The Morgan fingerprint density at radius 3 is 2.43 bits per heavy atom. The van der Waals surface area contributed by atoms with Gasteiger partial charge in [-0.25, -0.2) is 15.0 Å². The zero-order valence-electron chi connectivity index (χ0n) is 14.8. The molecule has 3 aromatic carbocycles. The number of hydrogen-bond acceptors (Lipinski definition) is 4. The largest absolute Gasteiger partial charge is 0.455 e. The Balaban J connectivity index is 1.74. The molecule has 0 aliphatic rings. The predicted octanol–water partition coefficient (Wildman–Crippen LogP) is 5.38. The van der Waals surface area contributed by atoms with Crippen molar-refractivity contribution in [3.63, 3.8) is 0 Å². The Bertz CT molecular complexity index is 1460. The lowest BCUT2D eigenvalue weighted by Crippen LogP contribution is -1.98. The second-order valence-electron chi connectivity index (χ2n) is 6.59. The highest BCUT2D eigenvalue weighted by Gasteiger charge is 2.20.